The van der Waals surface area contributed by atoms with Crippen LogP contribution in [-0.4, -0.2) is 12.1 Å². The number of esters is 1. The summed E-state index contributed by atoms with van der Waals surface area (Å²) in [6.07, 6.45) is 12.1. The number of carbonyl (C=O) groups is 1. The highest BCUT2D eigenvalue weighted by atomic mass is 16.5. The summed E-state index contributed by atoms with van der Waals surface area (Å²) in [5.74, 6) is -0.220. The Hall–Kier alpha value is -2.09. The van der Waals surface area contributed by atoms with E-state index in [1.807, 2.05) is 31.2 Å². The molecule has 0 aliphatic rings. The van der Waals surface area contributed by atoms with Crippen LogP contribution in [0.3, 0.4) is 0 Å². The molecule has 0 aliphatic carbocycles. The van der Waals surface area contributed by atoms with Gasteiger partial charge in [-0.1, -0.05) is 88.8 Å². The predicted octanol–water partition coefficient (Wildman–Crippen LogP) is 7.99. The summed E-state index contributed by atoms with van der Waals surface area (Å²) in [5, 5.41) is 0. The number of ether oxygens (including phenoxy) is 1. The lowest BCUT2D eigenvalue weighted by molar-refractivity contribution is 0.0319. The van der Waals surface area contributed by atoms with Crippen LogP contribution in [0.4, 0.5) is 0 Å². The Morgan fingerprint density at radius 2 is 1.31 bits per heavy atom. The van der Waals surface area contributed by atoms with E-state index in [1.54, 1.807) is 0 Å². The minimum absolute atomic E-state index is 0.0242. The molecule has 0 N–H and O–H groups in total. The quantitative estimate of drug-likeness (QED) is 0.254. The average Bonchev–Trinajstić information content (AvgIpc) is 2.75. The second-order valence-electron chi connectivity index (χ2n) is 8.15. The van der Waals surface area contributed by atoms with Gasteiger partial charge in [0.2, 0.25) is 0 Å². The van der Waals surface area contributed by atoms with E-state index in [1.165, 1.54) is 56.1 Å². The summed E-state index contributed by atoms with van der Waals surface area (Å²) in [5.41, 5.74) is 4.35. The molecule has 0 aliphatic heterocycles. The fraction of sp³-hybridized carbons (Fsp3) is 0.519. The molecule has 0 aromatic heterocycles. The topological polar surface area (TPSA) is 26.3 Å². The molecular weight excluding hydrogens is 356 g/mol. The lowest BCUT2D eigenvalue weighted by atomic mass is 10.0. The highest BCUT2D eigenvalue weighted by Crippen LogP contribution is 2.22. The third-order valence-electron chi connectivity index (χ3n) is 5.50. The molecule has 2 nitrogen and oxygen atoms in total. The molecule has 0 fully saturated rings. The van der Waals surface area contributed by atoms with Crippen molar-refractivity contribution in [2.24, 2.45) is 0 Å². The van der Waals surface area contributed by atoms with Gasteiger partial charge in [-0.05, 0) is 61.4 Å². The first-order valence-electron chi connectivity index (χ1n) is 11.5. The van der Waals surface area contributed by atoms with E-state index in [2.05, 4.69) is 38.1 Å². The van der Waals surface area contributed by atoms with E-state index >= 15 is 0 Å². The van der Waals surface area contributed by atoms with Crippen LogP contribution in [0.1, 0.15) is 94.5 Å². The number of aryl methyl sites for hydroxylation is 1. The maximum atomic E-state index is 12.4. The van der Waals surface area contributed by atoms with Gasteiger partial charge in [0.25, 0.3) is 0 Å². The van der Waals surface area contributed by atoms with Gasteiger partial charge in [0, 0.05) is 0 Å². The van der Waals surface area contributed by atoms with E-state index in [0.717, 1.165) is 24.8 Å². The lowest BCUT2D eigenvalue weighted by Crippen LogP contribution is -2.15. The molecule has 2 aromatic rings. The number of rotatable bonds is 13. The van der Waals surface area contributed by atoms with E-state index in [9.17, 15) is 4.79 Å². The van der Waals surface area contributed by atoms with Crippen molar-refractivity contribution in [3.63, 3.8) is 0 Å². The molecule has 0 amide bonds. The first-order valence-corrected chi connectivity index (χ1v) is 11.5. The first-order chi connectivity index (χ1) is 14.1. The Bertz CT molecular complexity index is 700. The number of hydrogen-bond donors (Lipinski definition) is 0. The standard InChI is InChI=1S/C27H38O2/c1-4-6-8-10-12-22(3)29-27(28)26-20-18-25(19-21-26)24-16-14-23(15-17-24)13-11-9-7-5-2/h14-22H,4-13H2,1-3H3. The molecule has 1 atom stereocenters. The van der Waals surface area contributed by atoms with Crippen molar-refractivity contribution in [2.75, 3.05) is 0 Å². The molecule has 0 saturated heterocycles. The molecule has 1 unspecified atom stereocenters. The van der Waals surface area contributed by atoms with Crippen LogP contribution in [0.25, 0.3) is 11.1 Å². The van der Waals surface area contributed by atoms with Gasteiger partial charge in [0.05, 0.1) is 11.7 Å². The molecule has 2 heteroatoms. The van der Waals surface area contributed by atoms with Crippen molar-refractivity contribution in [1.29, 1.82) is 0 Å². The Morgan fingerprint density at radius 3 is 1.90 bits per heavy atom. The van der Waals surface area contributed by atoms with Gasteiger partial charge >= 0.3 is 5.97 Å². The van der Waals surface area contributed by atoms with Gasteiger partial charge in [0.15, 0.2) is 0 Å². The summed E-state index contributed by atoms with van der Waals surface area (Å²) >= 11 is 0. The maximum absolute atomic E-state index is 12.4. The summed E-state index contributed by atoms with van der Waals surface area (Å²) < 4.78 is 5.59. The number of hydrogen-bond acceptors (Lipinski definition) is 2. The average molecular weight is 395 g/mol. The molecule has 158 valence electrons. The Morgan fingerprint density at radius 1 is 0.759 bits per heavy atom. The number of benzene rings is 2. The van der Waals surface area contributed by atoms with Crippen LogP contribution in [-0.2, 0) is 11.2 Å². The van der Waals surface area contributed by atoms with Gasteiger partial charge in [-0.25, -0.2) is 4.79 Å². The summed E-state index contributed by atoms with van der Waals surface area (Å²) in [4.78, 5) is 12.4. The van der Waals surface area contributed by atoms with E-state index < -0.39 is 0 Å². The van der Waals surface area contributed by atoms with Crippen molar-refractivity contribution in [3.8, 4) is 11.1 Å². The fourth-order valence-electron chi connectivity index (χ4n) is 3.59. The highest BCUT2D eigenvalue weighted by Gasteiger charge is 2.12. The largest absolute Gasteiger partial charge is 0.459 e. The van der Waals surface area contributed by atoms with Gasteiger partial charge < -0.3 is 4.74 Å². The monoisotopic (exact) mass is 394 g/mol. The third-order valence-corrected chi connectivity index (χ3v) is 5.50. The van der Waals surface area contributed by atoms with Crippen LogP contribution < -0.4 is 0 Å². The van der Waals surface area contributed by atoms with Crippen LogP contribution in [0, 0.1) is 0 Å². The molecule has 0 heterocycles. The molecule has 2 rings (SSSR count). The molecule has 29 heavy (non-hydrogen) atoms. The zero-order valence-electron chi connectivity index (χ0n) is 18.6. The first kappa shape index (κ1) is 23.2. The second-order valence-corrected chi connectivity index (χ2v) is 8.15. The van der Waals surface area contributed by atoms with Gasteiger partial charge in [-0.3, -0.25) is 0 Å². The van der Waals surface area contributed by atoms with E-state index in [0.29, 0.717) is 5.56 Å². The van der Waals surface area contributed by atoms with Crippen LogP contribution in [0.15, 0.2) is 48.5 Å². The number of carbonyl (C=O) groups excluding carboxylic acids is 1. The van der Waals surface area contributed by atoms with Crippen LogP contribution in [0.2, 0.25) is 0 Å². The Balaban J connectivity index is 1.85. The van der Waals surface area contributed by atoms with E-state index in [-0.39, 0.29) is 12.1 Å². The van der Waals surface area contributed by atoms with Gasteiger partial charge in [-0.15, -0.1) is 0 Å². The van der Waals surface area contributed by atoms with Crippen molar-refractivity contribution in [1.82, 2.24) is 0 Å². The minimum atomic E-state index is -0.220. The van der Waals surface area contributed by atoms with Crippen LogP contribution in [0.5, 0.6) is 0 Å². The van der Waals surface area contributed by atoms with Crippen molar-refractivity contribution in [2.45, 2.75) is 91.1 Å². The molecule has 2 aromatic carbocycles. The van der Waals surface area contributed by atoms with Crippen molar-refractivity contribution in [3.05, 3.63) is 59.7 Å². The highest BCUT2D eigenvalue weighted by molar-refractivity contribution is 5.90. The lowest BCUT2D eigenvalue weighted by Gasteiger charge is -2.13. The second kappa shape index (κ2) is 13.2. The molecule has 0 bridgehead atoms. The zero-order chi connectivity index (χ0) is 20.9. The third kappa shape index (κ3) is 8.43. The molecule has 0 spiro atoms. The maximum Gasteiger partial charge on any atom is 0.338 e. The number of unbranched alkanes of at least 4 members (excludes halogenated alkanes) is 6. The van der Waals surface area contributed by atoms with Gasteiger partial charge in [-0.2, -0.15) is 0 Å². The minimum Gasteiger partial charge on any atom is -0.459 e. The normalized spacial score (nSPS) is 12.0. The van der Waals surface area contributed by atoms with Crippen molar-refractivity contribution >= 4 is 5.97 Å². The van der Waals surface area contributed by atoms with E-state index in [4.69, 9.17) is 4.74 Å². The van der Waals surface area contributed by atoms with Gasteiger partial charge in [0.1, 0.15) is 0 Å². The molecular formula is C27H38O2. The smallest absolute Gasteiger partial charge is 0.338 e. The molecule has 0 radical (unpaired) electrons. The van der Waals surface area contributed by atoms with Crippen LogP contribution >= 0.6 is 0 Å². The Kier molecular flexibility index (Phi) is 10.5. The predicted molar refractivity (Wildman–Crippen MR) is 123 cm³/mol. The summed E-state index contributed by atoms with van der Waals surface area (Å²) in [6.45, 7) is 6.44. The Labute approximate surface area is 177 Å². The summed E-state index contributed by atoms with van der Waals surface area (Å²) in [7, 11) is 0. The SMILES string of the molecule is CCCCCCc1ccc(-c2ccc(C(=O)OC(C)CCCCCC)cc2)cc1. The fourth-order valence-corrected chi connectivity index (χ4v) is 3.59. The van der Waals surface area contributed by atoms with Crippen molar-refractivity contribution < 1.29 is 9.53 Å². The summed E-state index contributed by atoms with van der Waals surface area (Å²) in [6, 6.07) is 16.6. The zero-order valence-corrected chi connectivity index (χ0v) is 18.6. The molecule has 0 saturated carbocycles.